The van der Waals surface area contributed by atoms with Gasteiger partial charge < -0.3 is 5.32 Å². The third-order valence-electron chi connectivity index (χ3n) is 1.71. The van der Waals surface area contributed by atoms with Gasteiger partial charge >= 0.3 is 11.8 Å². The topological polar surface area (TPSA) is 70.6 Å². The van der Waals surface area contributed by atoms with Crippen molar-refractivity contribution >= 4 is 23.2 Å². The van der Waals surface area contributed by atoms with Crippen molar-refractivity contribution in [1.82, 2.24) is 5.43 Å². The average molecular weight is 237 g/mol. The van der Waals surface area contributed by atoms with Crippen molar-refractivity contribution in [2.45, 2.75) is 13.8 Å². The maximum absolute atomic E-state index is 13.2. The predicted molar refractivity (Wildman–Crippen MR) is 62.0 cm³/mol. The number of anilines is 1. The first-order valence-electron chi connectivity index (χ1n) is 4.87. The summed E-state index contributed by atoms with van der Waals surface area (Å²) in [6, 6.07) is 5.57. The van der Waals surface area contributed by atoms with E-state index in [1.54, 1.807) is 19.9 Å². The largest absolute Gasteiger partial charge is 0.329 e. The van der Waals surface area contributed by atoms with Gasteiger partial charge in [0.05, 0.1) is 5.69 Å². The van der Waals surface area contributed by atoms with Crippen molar-refractivity contribution in [3.8, 4) is 0 Å². The fourth-order valence-corrected chi connectivity index (χ4v) is 0.955. The van der Waals surface area contributed by atoms with Gasteiger partial charge in [0.15, 0.2) is 0 Å². The van der Waals surface area contributed by atoms with Gasteiger partial charge in [-0.3, -0.25) is 9.59 Å². The third-order valence-corrected chi connectivity index (χ3v) is 1.71. The second-order valence-electron chi connectivity index (χ2n) is 3.43. The lowest BCUT2D eigenvalue weighted by Crippen LogP contribution is -2.32. The quantitative estimate of drug-likeness (QED) is 0.462. The van der Waals surface area contributed by atoms with Crippen LogP contribution in [0.5, 0.6) is 0 Å². The number of nitrogens with zero attached hydrogens (tertiary/aromatic N) is 1. The summed E-state index contributed by atoms with van der Waals surface area (Å²) in [6.07, 6.45) is 0. The molecule has 0 aromatic heterocycles. The third kappa shape index (κ3) is 4.02. The molecule has 1 rings (SSSR count). The molecule has 0 heterocycles. The minimum Gasteiger partial charge on any atom is -0.315 e. The molecule has 0 fully saturated rings. The Morgan fingerprint density at radius 1 is 1.18 bits per heavy atom. The van der Waals surface area contributed by atoms with Crippen LogP contribution in [0, 0.1) is 5.82 Å². The van der Waals surface area contributed by atoms with Gasteiger partial charge in [-0.05, 0) is 26.0 Å². The second-order valence-corrected chi connectivity index (χ2v) is 3.43. The zero-order valence-electron chi connectivity index (χ0n) is 9.45. The Labute approximate surface area is 97.7 Å². The first-order valence-corrected chi connectivity index (χ1v) is 4.87. The standard InChI is InChI=1S/C11H12FN3O2/c1-7(2)14-15-11(17)10(16)13-9-6-4-3-5-8(9)12/h3-6H,1-2H3,(H,13,16)(H,15,17). The first kappa shape index (κ1) is 12.8. The van der Waals surface area contributed by atoms with E-state index < -0.39 is 17.6 Å². The van der Waals surface area contributed by atoms with E-state index >= 15 is 0 Å². The maximum atomic E-state index is 13.2. The minimum absolute atomic E-state index is 0.0511. The first-order chi connectivity index (χ1) is 8.00. The molecule has 0 spiro atoms. The Balaban J connectivity index is 2.64. The van der Waals surface area contributed by atoms with E-state index in [9.17, 15) is 14.0 Å². The van der Waals surface area contributed by atoms with Gasteiger partial charge in [0.2, 0.25) is 0 Å². The van der Waals surface area contributed by atoms with Gasteiger partial charge in [-0.2, -0.15) is 5.10 Å². The summed E-state index contributed by atoms with van der Waals surface area (Å²) in [6.45, 7) is 3.32. The molecule has 2 amide bonds. The van der Waals surface area contributed by atoms with Crippen molar-refractivity contribution in [3.63, 3.8) is 0 Å². The summed E-state index contributed by atoms with van der Waals surface area (Å²) in [5, 5.41) is 5.71. The number of hydrogen-bond donors (Lipinski definition) is 2. The Hall–Kier alpha value is -2.24. The Kier molecular flexibility index (Phi) is 4.33. The van der Waals surface area contributed by atoms with Crippen LogP contribution in [-0.4, -0.2) is 17.5 Å². The van der Waals surface area contributed by atoms with Crippen LogP contribution in [-0.2, 0) is 9.59 Å². The number of hydrazone groups is 1. The number of amides is 2. The van der Waals surface area contributed by atoms with E-state index in [1.165, 1.54) is 18.2 Å². The number of carbonyl (C=O) groups is 2. The molecule has 0 atom stereocenters. The summed E-state index contributed by atoms with van der Waals surface area (Å²) in [5.74, 6) is -2.53. The number of carbonyl (C=O) groups excluding carboxylic acids is 2. The van der Waals surface area contributed by atoms with Gasteiger partial charge in [0.25, 0.3) is 0 Å². The fraction of sp³-hybridized carbons (Fsp3) is 0.182. The van der Waals surface area contributed by atoms with E-state index in [2.05, 4.69) is 10.4 Å². The lowest BCUT2D eigenvalue weighted by Gasteiger charge is -2.04. The van der Waals surface area contributed by atoms with Gasteiger partial charge in [-0.1, -0.05) is 12.1 Å². The van der Waals surface area contributed by atoms with Crippen LogP contribution in [0.1, 0.15) is 13.8 Å². The second kappa shape index (κ2) is 5.74. The van der Waals surface area contributed by atoms with E-state index in [0.717, 1.165) is 0 Å². The molecular weight excluding hydrogens is 225 g/mol. The van der Waals surface area contributed by atoms with Crippen LogP contribution < -0.4 is 10.7 Å². The lowest BCUT2D eigenvalue weighted by atomic mass is 10.3. The minimum atomic E-state index is -0.972. The fourth-order valence-electron chi connectivity index (χ4n) is 0.955. The summed E-state index contributed by atoms with van der Waals surface area (Å²) in [7, 11) is 0. The van der Waals surface area contributed by atoms with E-state index in [0.29, 0.717) is 5.71 Å². The van der Waals surface area contributed by atoms with Crippen molar-refractivity contribution in [2.24, 2.45) is 5.10 Å². The summed E-state index contributed by atoms with van der Waals surface area (Å²) in [4.78, 5) is 22.5. The Morgan fingerprint density at radius 3 is 2.41 bits per heavy atom. The number of hydrogen-bond acceptors (Lipinski definition) is 3. The molecule has 2 N–H and O–H groups in total. The highest BCUT2D eigenvalue weighted by Crippen LogP contribution is 2.11. The lowest BCUT2D eigenvalue weighted by molar-refractivity contribution is -0.136. The van der Waals surface area contributed by atoms with Crippen LogP contribution in [0.3, 0.4) is 0 Å². The summed E-state index contributed by atoms with van der Waals surface area (Å²) >= 11 is 0. The van der Waals surface area contributed by atoms with Crippen LogP contribution in [0.25, 0.3) is 0 Å². The van der Waals surface area contributed by atoms with Crippen LogP contribution in [0.15, 0.2) is 29.4 Å². The summed E-state index contributed by atoms with van der Waals surface area (Å²) in [5.41, 5.74) is 2.58. The number of rotatable bonds is 2. The van der Waals surface area contributed by atoms with Crippen molar-refractivity contribution in [1.29, 1.82) is 0 Å². The molecule has 1 aromatic rings. The molecule has 6 heteroatoms. The van der Waals surface area contributed by atoms with Gasteiger partial charge in [-0.25, -0.2) is 9.82 Å². The van der Waals surface area contributed by atoms with Crippen molar-refractivity contribution < 1.29 is 14.0 Å². The van der Waals surface area contributed by atoms with Gasteiger partial charge in [0, 0.05) is 5.71 Å². The molecule has 0 aliphatic carbocycles. The van der Waals surface area contributed by atoms with Crippen LogP contribution in [0.2, 0.25) is 0 Å². The zero-order valence-corrected chi connectivity index (χ0v) is 9.45. The van der Waals surface area contributed by atoms with Gasteiger partial charge in [0.1, 0.15) is 5.82 Å². The van der Waals surface area contributed by atoms with Gasteiger partial charge in [-0.15, -0.1) is 0 Å². The molecule has 1 aromatic carbocycles. The predicted octanol–water partition coefficient (Wildman–Crippen LogP) is 1.28. The highest BCUT2D eigenvalue weighted by Gasteiger charge is 2.14. The number of halogens is 1. The Morgan fingerprint density at radius 2 is 1.82 bits per heavy atom. The van der Waals surface area contributed by atoms with E-state index in [-0.39, 0.29) is 5.69 Å². The Bertz CT molecular complexity index is 468. The van der Waals surface area contributed by atoms with E-state index in [1.807, 2.05) is 5.43 Å². The highest BCUT2D eigenvalue weighted by atomic mass is 19.1. The molecule has 0 aliphatic heterocycles. The molecule has 5 nitrogen and oxygen atoms in total. The molecule has 0 aliphatic rings. The molecule has 90 valence electrons. The number of benzene rings is 1. The molecule has 0 saturated heterocycles. The monoisotopic (exact) mass is 237 g/mol. The van der Waals surface area contributed by atoms with Crippen LogP contribution in [0.4, 0.5) is 10.1 Å². The molecule has 0 radical (unpaired) electrons. The number of nitrogens with one attached hydrogen (secondary N) is 2. The van der Waals surface area contributed by atoms with Crippen molar-refractivity contribution in [3.05, 3.63) is 30.1 Å². The molecule has 0 saturated carbocycles. The molecule has 0 unspecified atom stereocenters. The normalized spacial score (nSPS) is 9.35. The zero-order chi connectivity index (χ0) is 12.8. The smallest absolute Gasteiger partial charge is 0.315 e. The molecule has 0 bridgehead atoms. The summed E-state index contributed by atoms with van der Waals surface area (Å²) < 4.78 is 13.2. The number of para-hydroxylation sites is 1. The SMILES string of the molecule is CC(C)=NNC(=O)C(=O)Nc1ccccc1F. The maximum Gasteiger partial charge on any atom is 0.329 e. The highest BCUT2D eigenvalue weighted by molar-refractivity contribution is 6.39. The van der Waals surface area contributed by atoms with Crippen molar-refractivity contribution in [2.75, 3.05) is 5.32 Å². The average Bonchev–Trinajstić information content (AvgIpc) is 2.28. The van der Waals surface area contributed by atoms with E-state index in [4.69, 9.17) is 0 Å². The molecule has 17 heavy (non-hydrogen) atoms. The van der Waals surface area contributed by atoms with Crippen LogP contribution >= 0.6 is 0 Å². The molecular formula is C11H12FN3O2.